The van der Waals surface area contributed by atoms with Gasteiger partial charge in [0.1, 0.15) is 0 Å². The Morgan fingerprint density at radius 2 is 2.07 bits per heavy atom. The molecule has 1 aliphatic rings. The predicted molar refractivity (Wildman–Crippen MR) is 62.4 cm³/mol. The van der Waals surface area contributed by atoms with Crippen LogP contribution in [0.5, 0.6) is 0 Å². The Labute approximate surface area is 92.8 Å². The zero-order chi connectivity index (χ0) is 10.7. The van der Waals surface area contributed by atoms with Gasteiger partial charge in [0.2, 0.25) is 0 Å². The van der Waals surface area contributed by atoms with E-state index in [1.54, 1.807) is 12.4 Å². The highest BCUT2D eigenvalue weighted by molar-refractivity contribution is 7.78. The number of nitrogens with zero attached hydrogens (tertiary/aromatic N) is 2. The molecule has 1 N–H and O–H groups in total. The van der Waals surface area contributed by atoms with Crippen LogP contribution in [0.15, 0.2) is 35.6 Å². The third-order valence-corrected chi connectivity index (χ3v) is 2.21. The van der Waals surface area contributed by atoms with Crippen molar-refractivity contribution < 1.29 is 4.79 Å². The summed E-state index contributed by atoms with van der Waals surface area (Å²) in [5.74, 6) is 0. The maximum atomic E-state index is 11.2. The van der Waals surface area contributed by atoms with Crippen molar-refractivity contribution in [3.63, 3.8) is 0 Å². The third-order valence-electron chi connectivity index (χ3n) is 2.02. The van der Waals surface area contributed by atoms with Gasteiger partial charge in [-0.05, 0) is 11.6 Å². The number of hydrazone groups is 1. The zero-order valence-corrected chi connectivity index (χ0v) is 8.69. The van der Waals surface area contributed by atoms with Crippen LogP contribution in [-0.4, -0.2) is 17.3 Å². The average molecular weight is 219 g/mol. The molecule has 1 aromatic rings. The zero-order valence-electron chi connectivity index (χ0n) is 7.79. The molecule has 5 heteroatoms. The number of nitrogens with one attached hydrogen (secondary N) is 1. The Morgan fingerprint density at radius 3 is 2.80 bits per heavy atom. The van der Waals surface area contributed by atoms with Gasteiger partial charge in [-0.1, -0.05) is 37.1 Å². The molecule has 0 atom stereocenters. The second kappa shape index (κ2) is 4.18. The lowest BCUT2D eigenvalue weighted by Gasteiger charge is -2.08. The van der Waals surface area contributed by atoms with Gasteiger partial charge in [0.15, 0.2) is 0 Å². The van der Waals surface area contributed by atoms with Crippen LogP contribution >= 0.6 is 12.8 Å². The van der Waals surface area contributed by atoms with Gasteiger partial charge in [0.05, 0.1) is 6.21 Å². The maximum Gasteiger partial charge on any atom is 0.351 e. The molecule has 0 spiro atoms. The Morgan fingerprint density at radius 1 is 1.33 bits per heavy atom. The van der Waals surface area contributed by atoms with Gasteiger partial charge in [0, 0.05) is 11.8 Å². The first-order chi connectivity index (χ1) is 7.31. The average Bonchev–Trinajstić information content (AvgIpc) is 2.50. The fourth-order valence-electron chi connectivity index (χ4n) is 1.27. The molecule has 15 heavy (non-hydrogen) atoms. The van der Waals surface area contributed by atoms with E-state index in [2.05, 4.69) is 22.6 Å². The standard InChI is InChI=1S/C10H9N3OS/c14-10(12-15)13-6-5-8-3-1-2-4-9(8)7-11-13/h1-7,15H,(H,12,14). The molecular weight excluding hydrogens is 210 g/mol. The van der Waals surface area contributed by atoms with Gasteiger partial charge in [-0.3, -0.25) is 4.72 Å². The lowest BCUT2D eigenvalue weighted by Crippen LogP contribution is -2.26. The molecule has 0 unspecified atom stereocenters. The first-order valence-corrected chi connectivity index (χ1v) is 4.80. The maximum absolute atomic E-state index is 11.2. The number of urea groups is 1. The van der Waals surface area contributed by atoms with Gasteiger partial charge >= 0.3 is 6.03 Å². The molecule has 0 saturated heterocycles. The summed E-state index contributed by atoms with van der Waals surface area (Å²) >= 11 is 3.67. The summed E-state index contributed by atoms with van der Waals surface area (Å²) < 4.78 is 2.21. The fraction of sp³-hybridized carbons (Fsp3) is 0. The van der Waals surface area contributed by atoms with Gasteiger partial charge in [-0.15, -0.1) is 0 Å². The minimum atomic E-state index is -0.390. The molecule has 0 radical (unpaired) electrons. The Kier molecular flexibility index (Phi) is 2.73. The van der Waals surface area contributed by atoms with Crippen LogP contribution in [-0.2, 0) is 0 Å². The predicted octanol–water partition coefficient (Wildman–Crippen LogP) is 1.86. The molecule has 2 rings (SSSR count). The highest BCUT2D eigenvalue weighted by atomic mass is 32.1. The first-order valence-electron chi connectivity index (χ1n) is 4.36. The highest BCUT2D eigenvalue weighted by Gasteiger charge is 2.09. The number of hydrogen-bond acceptors (Lipinski definition) is 3. The van der Waals surface area contributed by atoms with Crippen molar-refractivity contribution in [3.8, 4) is 0 Å². The summed E-state index contributed by atoms with van der Waals surface area (Å²) in [7, 11) is 0. The Hall–Kier alpha value is -1.75. The lowest BCUT2D eigenvalue weighted by molar-refractivity contribution is 0.224. The molecular formula is C10H9N3OS. The van der Waals surface area contributed by atoms with Gasteiger partial charge in [-0.25, -0.2) is 4.79 Å². The van der Waals surface area contributed by atoms with Crippen molar-refractivity contribution in [1.82, 2.24) is 9.73 Å². The van der Waals surface area contributed by atoms with Crippen molar-refractivity contribution in [2.45, 2.75) is 0 Å². The monoisotopic (exact) mass is 219 g/mol. The molecule has 76 valence electrons. The van der Waals surface area contributed by atoms with Crippen LogP contribution in [0.25, 0.3) is 6.08 Å². The SMILES string of the molecule is O=C(NS)N1C=Cc2ccccc2C=N1. The van der Waals surface area contributed by atoms with Crippen LogP contribution in [0, 0.1) is 0 Å². The molecule has 0 saturated carbocycles. The number of benzene rings is 1. The van der Waals surface area contributed by atoms with E-state index in [0.29, 0.717) is 0 Å². The van der Waals surface area contributed by atoms with E-state index in [1.165, 1.54) is 5.01 Å². The Balaban J connectivity index is 2.34. The van der Waals surface area contributed by atoms with Crippen molar-refractivity contribution in [2.75, 3.05) is 0 Å². The third kappa shape index (κ3) is 2.02. The Bertz CT molecular complexity index is 409. The number of thiol groups is 1. The quantitative estimate of drug-likeness (QED) is 0.643. The fourth-order valence-corrected chi connectivity index (χ4v) is 1.37. The number of fused-ring (bicyclic) bond motifs is 1. The van der Waals surface area contributed by atoms with Crippen molar-refractivity contribution in [1.29, 1.82) is 0 Å². The smallest absolute Gasteiger partial charge is 0.283 e. The molecule has 0 fully saturated rings. The van der Waals surface area contributed by atoms with E-state index >= 15 is 0 Å². The second-order valence-corrected chi connectivity index (χ2v) is 3.17. The van der Waals surface area contributed by atoms with Crippen LogP contribution < -0.4 is 4.72 Å². The molecule has 1 heterocycles. The molecule has 0 aromatic heterocycles. The molecule has 0 aliphatic carbocycles. The van der Waals surface area contributed by atoms with Gasteiger partial charge in [0.25, 0.3) is 0 Å². The minimum absolute atomic E-state index is 0.390. The normalized spacial score (nSPS) is 13.3. The highest BCUT2D eigenvalue weighted by Crippen LogP contribution is 2.12. The first kappa shape index (κ1) is 9.79. The van der Waals surface area contributed by atoms with E-state index in [4.69, 9.17) is 0 Å². The van der Waals surface area contributed by atoms with Crippen LogP contribution in [0.1, 0.15) is 11.1 Å². The number of carbonyl (C=O) groups excluding carboxylic acids is 1. The summed E-state index contributed by atoms with van der Waals surface area (Å²) in [5.41, 5.74) is 2.00. The minimum Gasteiger partial charge on any atom is -0.283 e. The molecule has 0 bridgehead atoms. The van der Waals surface area contributed by atoms with Crippen LogP contribution in [0.2, 0.25) is 0 Å². The number of amides is 2. The van der Waals surface area contributed by atoms with Crippen LogP contribution in [0.3, 0.4) is 0 Å². The van der Waals surface area contributed by atoms with Crippen molar-refractivity contribution in [2.24, 2.45) is 5.10 Å². The van der Waals surface area contributed by atoms with Crippen molar-refractivity contribution in [3.05, 3.63) is 41.6 Å². The summed E-state index contributed by atoms with van der Waals surface area (Å²) in [6, 6.07) is 7.36. The molecule has 4 nitrogen and oxygen atoms in total. The summed E-state index contributed by atoms with van der Waals surface area (Å²) in [5, 5.41) is 5.18. The molecule has 1 aromatic carbocycles. The second-order valence-electron chi connectivity index (χ2n) is 2.95. The van der Waals surface area contributed by atoms with E-state index in [9.17, 15) is 4.79 Å². The van der Waals surface area contributed by atoms with Crippen molar-refractivity contribution >= 4 is 31.1 Å². The number of carbonyl (C=O) groups is 1. The summed E-state index contributed by atoms with van der Waals surface area (Å²) in [6.07, 6.45) is 5.05. The van der Waals surface area contributed by atoms with Gasteiger partial charge in [-0.2, -0.15) is 10.1 Å². The van der Waals surface area contributed by atoms with E-state index in [-0.39, 0.29) is 0 Å². The summed E-state index contributed by atoms with van der Waals surface area (Å²) in [6.45, 7) is 0. The van der Waals surface area contributed by atoms with E-state index in [0.717, 1.165) is 11.1 Å². The van der Waals surface area contributed by atoms with Gasteiger partial charge < -0.3 is 0 Å². The molecule has 2 amide bonds. The largest absolute Gasteiger partial charge is 0.351 e. The number of hydrogen-bond donors (Lipinski definition) is 2. The van der Waals surface area contributed by atoms with E-state index < -0.39 is 6.03 Å². The topological polar surface area (TPSA) is 44.7 Å². The van der Waals surface area contributed by atoms with E-state index in [1.807, 2.05) is 30.3 Å². The number of rotatable bonds is 0. The lowest BCUT2D eigenvalue weighted by atomic mass is 10.1. The summed E-state index contributed by atoms with van der Waals surface area (Å²) in [4.78, 5) is 11.2. The van der Waals surface area contributed by atoms with Crippen LogP contribution in [0.4, 0.5) is 4.79 Å². The molecule has 1 aliphatic heterocycles.